The van der Waals surface area contributed by atoms with Gasteiger partial charge in [-0.25, -0.2) is 0 Å². The van der Waals surface area contributed by atoms with Crippen LogP contribution < -0.4 is 0 Å². The van der Waals surface area contributed by atoms with E-state index in [9.17, 15) is 17.7 Å². The summed E-state index contributed by atoms with van der Waals surface area (Å²) in [7, 11) is -3.12. The lowest BCUT2D eigenvalue weighted by Crippen LogP contribution is -2.37. The van der Waals surface area contributed by atoms with E-state index in [1.807, 2.05) is 48.5 Å². The molecule has 0 heterocycles. The zero-order chi connectivity index (χ0) is 23.2. The van der Waals surface area contributed by atoms with Crippen molar-refractivity contribution in [2.45, 2.75) is 45.3 Å². The molecule has 0 aromatic heterocycles. The van der Waals surface area contributed by atoms with Gasteiger partial charge in [0.05, 0.1) is 32.0 Å². The van der Waals surface area contributed by atoms with E-state index >= 15 is 0 Å². The molecule has 0 saturated carbocycles. The third-order valence-corrected chi connectivity index (χ3v) is 7.74. The average Bonchev–Trinajstić information content (AvgIpc) is 3.07. The molecule has 8 heteroatoms. The Morgan fingerprint density at radius 2 is 1.41 bits per heavy atom. The molecule has 4 nitrogen and oxygen atoms in total. The fourth-order valence-electron chi connectivity index (χ4n) is 4.41. The molecule has 0 bridgehead atoms. The predicted octanol–water partition coefficient (Wildman–Crippen LogP) is 7.06. The minimum atomic E-state index is -4.30. The van der Waals surface area contributed by atoms with Crippen molar-refractivity contribution in [3.05, 3.63) is 59.7 Å². The lowest BCUT2D eigenvalue weighted by Gasteiger charge is -2.31. The van der Waals surface area contributed by atoms with Gasteiger partial charge in [-0.2, -0.15) is 13.2 Å². The second kappa shape index (κ2) is 11.0. The van der Waals surface area contributed by atoms with Crippen LogP contribution in [-0.4, -0.2) is 43.5 Å². The molecule has 0 amide bonds. The van der Waals surface area contributed by atoms with Crippen molar-refractivity contribution < 1.29 is 26.8 Å². The number of benzene rings is 2. The molecule has 2 aromatic carbocycles. The molecule has 0 radical (unpaired) electrons. The van der Waals surface area contributed by atoms with Crippen LogP contribution in [0.4, 0.5) is 13.2 Å². The standard InChI is InChI=1S/C24H31F3NO3P/c1-3-30-32(29,31-4-2)17-11-5-10-16-28(18-24(25,26)27)23-21-14-8-6-12-19(21)20-13-7-9-15-22(20)23/h6-9,12-15,23H,3-5,10-11,16-18H2,1-2H3. The first kappa shape index (κ1) is 25.0. The number of alkyl halides is 3. The first-order valence-electron chi connectivity index (χ1n) is 11.1. The summed E-state index contributed by atoms with van der Waals surface area (Å²) in [5.41, 5.74) is 3.81. The lowest BCUT2D eigenvalue weighted by molar-refractivity contribution is -0.149. The third kappa shape index (κ3) is 6.22. The minimum Gasteiger partial charge on any atom is -0.309 e. The maximum absolute atomic E-state index is 13.5. The Bertz CT molecular complexity index is 879. The number of halogens is 3. The molecule has 32 heavy (non-hydrogen) atoms. The zero-order valence-electron chi connectivity index (χ0n) is 18.6. The van der Waals surface area contributed by atoms with E-state index in [0.29, 0.717) is 39.0 Å². The molecule has 1 aliphatic carbocycles. The smallest absolute Gasteiger partial charge is 0.309 e. The highest BCUT2D eigenvalue weighted by molar-refractivity contribution is 7.53. The van der Waals surface area contributed by atoms with E-state index in [1.165, 1.54) is 4.90 Å². The molecule has 0 saturated heterocycles. The maximum Gasteiger partial charge on any atom is 0.401 e. The summed E-state index contributed by atoms with van der Waals surface area (Å²) in [5, 5.41) is 0. The number of unbranched alkanes of at least 4 members (excludes halogenated alkanes) is 2. The molecule has 0 spiro atoms. The van der Waals surface area contributed by atoms with Gasteiger partial charge in [-0.05, 0) is 55.5 Å². The van der Waals surface area contributed by atoms with Crippen LogP contribution in [0, 0.1) is 0 Å². The molecular formula is C24H31F3NO3P. The second-order valence-electron chi connectivity index (χ2n) is 7.89. The summed E-state index contributed by atoms with van der Waals surface area (Å²) in [4.78, 5) is 1.52. The van der Waals surface area contributed by atoms with E-state index in [4.69, 9.17) is 9.05 Å². The van der Waals surface area contributed by atoms with Gasteiger partial charge < -0.3 is 9.05 Å². The number of hydrogen-bond acceptors (Lipinski definition) is 4. The number of hydrogen-bond donors (Lipinski definition) is 0. The molecule has 0 unspecified atom stereocenters. The fraction of sp³-hybridized carbons (Fsp3) is 0.500. The van der Waals surface area contributed by atoms with E-state index in [2.05, 4.69) is 0 Å². The van der Waals surface area contributed by atoms with Gasteiger partial charge in [-0.1, -0.05) is 55.0 Å². The summed E-state index contributed by atoms with van der Waals surface area (Å²) in [6, 6.07) is 14.9. The van der Waals surface area contributed by atoms with E-state index < -0.39 is 26.4 Å². The number of fused-ring (bicyclic) bond motifs is 3. The highest BCUT2D eigenvalue weighted by Crippen LogP contribution is 2.49. The van der Waals surface area contributed by atoms with Crippen LogP contribution in [0.3, 0.4) is 0 Å². The largest absolute Gasteiger partial charge is 0.401 e. The number of nitrogens with zero attached hydrogens (tertiary/aromatic N) is 1. The van der Waals surface area contributed by atoms with Crippen molar-refractivity contribution in [1.29, 1.82) is 0 Å². The first-order chi connectivity index (χ1) is 15.3. The van der Waals surface area contributed by atoms with Crippen molar-refractivity contribution in [2.24, 2.45) is 0 Å². The van der Waals surface area contributed by atoms with Crippen molar-refractivity contribution in [1.82, 2.24) is 4.90 Å². The second-order valence-corrected chi connectivity index (χ2v) is 10.1. The Balaban J connectivity index is 1.71. The minimum absolute atomic E-state index is 0.281. The molecule has 1 aliphatic rings. The van der Waals surface area contributed by atoms with Gasteiger partial charge in [0, 0.05) is 0 Å². The molecule has 0 aliphatic heterocycles. The topological polar surface area (TPSA) is 38.8 Å². The highest BCUT2D eigenvalue weighted by atomic mass is 31.2. The molecule has 0 N–H and O–H groups in total. The summed E-state index contributed by atoms with van der Waals surface area (Å²) in [6.45, 7) is 3.45. The monoisotopic (exact) mass is 469 g/mol. The molecule has 3 rings (SSSR count). The van der Waals surface area contributed by atoms with Gasteiger partial charge in [0.25, 0.3) is 0 Å². The first-order valence-corrected chi connectivity index (χ1v) is 12.9. The molecule has 2 aromatic rings. The molecule has 0 atom stereocenters. The van der Waals surface area contributed by atoms with Crippen LogP contribution in [0.25, 0.3) is 11.1 Å². The van der Waals surface area contributed by atoms with Crippen LogP contribution in [0.15, 0.2) is 48.5 Å². The Kier molecular flexibility index (Phi) is 8.56. The Labute approximate surface area is 188 Å². The maximum atomic E-state index is 13.5. The Hall–Kier alpha value is -1.66. The summed E-state index contributed by atoms with van der Waals surface area (Å²) >= 11 is 0. The molecule has 176 valence electrons. The van der Waals surface area contributed by atoms with Crippen LogP contribution in [-0.2, 0) is 13.6 Å². The van der Waals surface area contributed by atoms with Gasteiger partial charge in [-0.3, -0.25) is 9.46 Å². The van der Waals surface area contributed by atoms with Crippen LogP contribution in [0.2, 0.25) is 0 Å². The average molecular weight is 469 g/mol. The predicted molar refractivity (Wildman–Crippen MR) is 121 cm³/mol. The summed E-state index contributed by atoms with van der Waals surface area (Å²) in [5.74, 6) is 0. The summed E-state index contributed by atoms with van der Waals surface area (Å²) in [6.07, 6.45) is -2.23. The van der Waals surface area contributed by atoms with Gasteiger partial charge in [0.1, 0.15) is 0 Å². The molecular weight excluding hydrogens is 438 g/mol. The molecule has 0 fully saturated rings. The SMILES string of the molecule is CCOP(=O)(CCCCCN(CC(F)(F)F)C1c2ccccc2-c2ccccc21)OCC. The van der Waals surface area contributed by atoms with Gasteiger partial charge >= 0.3 is 13.8 Å². The van der Waals surface area contributed by atoms with Crippen molar-refractivity contribution >= 4 is 7.60 Å². The van der Waals surface area contributed by atoms with Gasteiger partial charge in [-0.15, -0.1) is 0 Å². The third-order valence-electron chi connectivity index (χ3n) is 5.58. The van der Waals surface area contributed by atoms with Crippen LogP contribution >= 0.6 is 7.60 Å². The van der Waals surface area contributed by atoms with E-state index in [0.717, 1.165) is 22.3 Å². The van der Waals surface area contributed by atoms with Crippen molar-refractivity contribution in [2.75, 3.05) is 32.5 Å². The summed E-state index contributed by atoms with van der Waals surface area (Å²) < 4.78 is 63.7. The van der Waals surface area contributed by atoms with Gasteiger partial charge in [0.15, 0.2) is 0 Å². The highest BCUT2D eigenvalue weighted by Gasteiger charge is 2.38. The van der Waals surface area contributed by atoms with Crippen LogP contribution in [0.5, 0.6) is 0 Å². The van der Waals surface area contributed by atoms with Crippen molar-refractivity contribution in [3.8, 4) is 11.1 Å². The van der Waals surface area contributed by atoms with Crippen molar-refractivity contribution in [3.63, 3.8) is 0 Å². The van der Waals surface area contributed by atoms with Gasteiger partial charge in [0.2, 0.25) is 0 Å². The van der Waals surface area contributed by atoms with E-state index in [-0.39, 0.29) is 6.16 Å². The Morgan fingerprint density at radius 3 is 1.91 bits per heavy atom. The quantitative estimate of drug-likeness (QED) is 0.246. The normalized spacial score (nSPS) is 14.1. The Morgan fingerprint density at radius 1 is 0.875 bits per heavy atom. The fourth-order valence-corrected chi connectivity index (χ4v) is 6.14. The van der Waals surface area contributed by atoms with E-state index in [1.54, 1.807) is 13.8 Å². The van der Waals surface area contributed by atoms with Crippen LogP contribution in [0.1, 0.15) is 50.3 Å². The lowest BCUT2D eigenvalue weighted by atomic mass is 10.0. The number of rotatable bonds is 12. The zero-order valence-corrected chi connectivity index (χ0v) is 19.5.